The Bertz CT molecular complexity index is 495. The van der Waals surface area contributed by atoms with E-state index >= 15 is 0 Å². The Morgan fingerprint density at radius 2 is 1.86 bits per heavy atom. The molecule has 0 saturated heterocycles. The number of carboxylic acids is 1. The van der Waals surface area contributed by atoms with Crippen LogP contribution in [-0.2, 0) is 11.2 Å². The van der Waals surface area contributed by atoms with Crippen LogP contribution in [0.25, 0.3) is 0 Å². The Labute approximate surface area is 126 Å². The normalized spacial score (nSPS) is 11.2. The standard InChI is InChI=1S/C17H25NO3/c1-4-13-7-5-6-8-14(13)16(21)18-12-11-17(2,3)10-9-15(19)20/h5-8H,4,9-12H2,1-3H3,(H,18,21)(H,19,20). The van der Waals surface area contributed by atoms with Crippen LogP contribution < -0.4 is 5.32 Å². The van der Waals surface area contributed by atoms with E-state index in [-0.39, 0.29) is 17.7 Å². The molecule has 4 heteroatoms. The number of aryl methyl sites for hydroxylation is 1. The van der Waals surface area contributed by atoms with Crippen LogP contribution in [-0.4, -0.2) is 23.5 Å². The van der Waals surface area contributed by atoms with E-state index in [4.69, 9.17) is 5.11 Å². The molecule has 1 aromatic rings. The minimum Gasteiger partial charge on any atom is -0.481 e. The number of benzene rings is 1. The van der Waals surface area contributed by atoms with Gasteiger partial charge in [0.25, 0.3) is 5.91 Å². The van der Waals surface area contributed by atoms with Gasteiger partial charge in [-0.1, -0.05) is 39.0 Å². The van der Waals surface area contributed by atoms with Crippen molar-refractivity contribution < 1.29 is 14.7 Å². The van der Waals surface area contributed by atoms with E-state index in [0.29, 0.717) is 13.0 Å². The summed E-state index contributed by atoms with van der Waals surface area (Å²) in [6, 6.07) is 7.60. The first-order valence-electron chi connectivity index (χ1n) is 7.43. The van der Waals surface area contributed by atoms with Gasteiger partial charge >= 0.3 is 5.97 Å². The molecule has 0 aliphatic rings. The molecule has 0 heterocycles. The Balaban J connectivity index is 2.48. The van der Waals surface area contributed by atoms with Gasteiger partial charge in [-0.15, -0.1) is 0 Å². The molecule has 0 atom stereocenters. The summed E-state index contributed by atoms with van der Waals surface area (Å²) in [5.41, 5.74) is 1.68. The average molecular weight is 291 g/mol. The van der Waals surface area contributed by atoms with Crippen molar-refractivity contribution in [3.05, 3.63) is 35.4 Å². The molecule has 2 N–H and O–H groups in total. The Kier molecular flexibility index (Phi) is 6.40. The van der Waals surface area contributed by atoms with Crippen LogP contribution in [0, 0.1) is 5.41 Å². The van der Waals surface area contributed by atoms with Gasteiger partial charge in [-0.2, -0.15) is 0 Å². The average Bonchev–Trinajstić information content (AvgIpc) is 2.45. The lowest BCUT2D eigenvalue weighted by Gasteiger charge is -2.24. The van der Waals surface area contributed by atoms with Gasteiger partial charge < -0.3 is 10.4 Å². The monoisotopic (exact) mass is 291 g/mol. The fourth-order valence-electron chi connectivity index (χ4n) is 2.23. The number of carboxylic acid groups (broad SMARTS) is 1. The number of rotatable bonds is 8. The predicted octanol–water partition coefficient (Wildman–Crippen LogP) is 3.26. The number of aliphatic carboxylic acids is 1. The highest BCUT2D eigenvalue weighted by Gasteiger charge is 2.19. The van der Waals surface area contributed by atoms with Crippen LogP contribution in [0.15, 0.2) is 24.3 Å². The van der Waals surface area contributed by atoms with E-state index in [2.05, 4.69) is 5.32 Å². The number of hydrogen-bond donors (Lipinski definition) is 2. The number of carbonyl (C=O) groups excluding carboxylic acids is 1. The van der Waals surface area contributed by atoms with Crippen LogP contribution in [0.5, 0.6) is 0 Å². The summed E-state index contributed by atoms with van der Waals surface area (Å²) in [6.07, 6.45) is 2.37. The lowest BCUT2D eigenvalue weighted by Crippen LogP contribution is -2.29. The lowest BCUT2D eigenvalue weighted by atomic mass is 9.84. The van der Waals surface area contributed by atoms with Crippen LogP contribution in [0.2, 0.25) is 0 Å². The molecule has 1 aromatic carbocycles. The number of nitrogens with one attached hydrogen (secondary N) is 1. The highest BCUT2D eigenvalue weighted by atomic mass is 16.4. The molecule has 0 unspecified atom stereocenters. The van der Waals surface area contributed by atoms with Crippen molar-refractivity contribution in [1.29, 1.82) is 0 Å². The van der Waals surface area contributed by atoms with Gasteiger partial charge in [0.15, 0.2) is 0 Å². The molecule has 0 radical (unpaired) electrons. The van der Waals surface area contributed by atoms with E-state index in [1.54, 1.807) is 0 Å². The summed E-state index contributed by atoms with van der Waals surface area (Å²) in [6.45, 7) is 6.65. The van der Waals surface area contributed by atoms with Gasteiger partial charge in [0.05, 0.1) is 0 Å². The summed E-state index contributed by atoms with van der Waals surface area (Å²) >= 11 is 0. The topological polar surface area (TPSA) is 66.4 Å². The van der Waals surface area contributed by atoms with Gasteiger partial charge in [0.1, 0.15) is 0 Å². The van der Waals surface area contributed by atoms with Crippen molar-refractivity contribution in [2.75, 3.05) is 6.54 Å². The zero-order valence-electron chi connectivity index (χ0n) is 13.1. The number of hydrogen-bond acceptors (Lipinski definition) is 2. The lowest BCUT2D eigenvalue weighted by molar-refractivity contribution is -0.137. The third kappa shape index (κ3) is 5.98. The quantitative estimate of drug-likeness (QED) is 0.772. The summed E-state index contributed by atoms with van der Waals surface area (Å²) in [4.78, 5) is 22.8. The molecule has 0 spiro atoms. The summed E-state index contributed by atoms with van der Waals surface area (Å²) in [5, 5.41) is 11.7. The third-order valence-corrected chi connectivity index (χ3v) is 3.75. The first-order chi connectivity index (χ1) is 9.85. The third-order valence-electron chi connectivity index (χ3n) is 3.75. The van der Waals surface area contributed by atoms with Gasteiger partial charge in [-0.05, 0) is 36.3 Å². The maximum absolute atomic E-state index is 12.2. The first kappa shape index (κ1) is 17.2. The Hall–Kier alpha value is -1.84. The molecule has 0 saturated carbocycles. The Morgan fingerprint density at radius 1 is 1.19 bits per heavy atom. The van der Waals surface area contributed by atoms with E-state index in [9.17, 15) is 9.59 Å². The van der Waals surface area contributed by atoms with Crippen molar-refractivity contribution in [2.24, 2.45) is 5.41 Å². The molecular formula is C17H25NO3. The molecule has 0 aliphatic heterocycles. The zero-order chi connectivity index (χ0) is 15.9. The molecule has 0 fully saturated rings. The highest BCUT2D eigenvalue weighted by Crippen LogP contribution is 2.26. The van der Waals surface area contributed by atoms with E-state index < -0.39 is 5.97 Å². The summed E-state index contributed by atoms with van der Waals surface area (Å²) in [7, 11) is 0. The second-order valence-corrected chi connectivity index (χ2v) is 6.07. The second kappa shape index (κ2) is 7.81. The smallest absolute Gasteiger partial charge is 0.303 e. The molecule has 1 rings (SSSR count). The van der Waals surface area contributed by atoms with Crippen molar-refractivity contribution in [3.63, 3.8) is 0 Å². The minimum atomic E-state index is -0.774. The molecular weight excluding hydrogens is 266 g/mol. The van der Waals surface area contributed by atoms with Gasteiger partial charge in [0, 0.05) is 18.5 Å². The molecule has 0 aromatic heterocycles. The van der Waals surface area contributed by atoms with Crippen molar-refractivity contribution in [3.8, 4) is 0 Å². The SMILES string of the molecule is CCc1ccccc1C(=O)NCCC(C)(C)CCC(=O)O. The molecule has 0 bridgehead atoms. The molecule has 4 nitrogen and oxygen atoms in total. The van der Waals surface area contributed by atoms with E-state index in [1.165, 1.54) is 0 Å². The maximum Gasteiger partial charge on any atom is 0.303 e. The largest absolute Gasteiger partial charge is 0.481 e. The van der Waals surface area contributed by atoms with Gasteiger partial charge in [-0.25, -0.2) is 0 Å². The zero-order valence-corrected chi connectivity index (χ0v) is 13.1. The minimum absolute atomic E-state index is 0.0542. The van der Waals surface area contributed by atoms with Crippen LogP contribution in [0.4, 0.5) is 0 Å². The Morgan fingerprint density at radius 3 is 2.48 bits per heavy atom. The second-order valence-electron chi connectivity index (χ2n) is 6.07. The number of amides is 1. The van der Waals surface area contributed by atoms with Gasteiger partial charge in [0.2, 0.25) is 0 Å². The molecule has 116 valence electrons. The molecule has 0 aliphatic carbocycles. The van der Waals surface area contributed by atoms with Crippen LogP contribution in [0.3, 0.4) is 0 Å². The fourth-order valence-corrected chi connectivity index (χ4v) is 2.23. The summed E-state index contributed by atoms with van der Waals surface area (Å²) in [5.74, 6) is -0.828. The first-order valence-corrected chi connectivity index (χ1v) is 7.43. The fraction of sp³-hybridized carbons (Fsp3) is 0.529. The van der Waals surface area contributed by atoms with Crippen molar-refractivity contribution in [1.82, 2.24) is 5.32 Å². The van der Waals surface area contributed by atoms with Crippen LogP contribution in [0.1, 0.15) is 56.0 Å². The molecule has 1 amide bonds. The van der Waals surface area contributed by atoms with E-state index in [0.717, 1.165) is 24.0 Å². The maximum atomic E-state index is 12.2. The molecule has 21 heavy (non-hydrogen) atoms. The summed E-state index contributed by atoms with van der Waals surface area (Å²) < 4.78 is 0. The number of carbonyl (C=O) groups is 2. The highest BCUT2D eigenvalue weighted by molar-refractivity contribution is 5.95. The predicted molar refractivity (Wildman–Crippen MR) is 83.4 cm³/mol. The van der Waals surface area contributed by atoms with Crippen molar-refractivity contribution >= 4 is 11.9 Å². The van der Waals surface area contributed by atoms with Gasteiger partial charge in [-0.3, -0.25) is 9.59 Å². The van der Waals surface area contributed by atoms with Crippen LogP contribution >= 0.6 is 0 Å². The van der Waals surface area contributed by atoms with Crippen molar-refractivity contribution in [2.45, 2.75) is 46.5 Å². The van der Waals surface area contributed by atoms with E-state index in [1.807, 2.05) is 45.0 Å².